The Morgan fingerprint density at radius 3 is 0.883 bits per heavy atom. The molecule has 0 rings (SSSR count). The second kappa shape index (κ2) is 30.7. The normalized spacial score (nSPS) is 13.6. The SMILES string of the molecule is C[C@@H](CCCN=C(N)N)NC(=O)[C@@H](CCCN=C(N)N)NC(=O)[C@@H](CCCN=C(N)N)NC(=O)[C@@H](CCCN=C(N)N)NC(=O)[C@@H](CCCN=C(N)N)NC(=O)[C@@H](C)CO. The van der Waals surface area contributed by atoms with Crippen molar-refractivity contribution in [1.82, 2.24) is 26.6 Å². The molecule has 0 spiro atoms. The standard InChI is InChI=1S/C34H70N20O6/c1-19(18-55)25(56)51-22(10-5-15-47-32(39)40)27(58)53-24(12-7-17-49-34(43)44)29(60)54-23(11-6-16-48-33(41)42)28(59)52-21(9-4-14-46-31(37)38)26(57)50-20(2)8-3-13-45-30(35)36/h19-24,55H,3-18H2,1-2H3,(H,50,57)(H,51,56)(H,52,59)(H,53,58)(H,54,60)(H4,35,36,45)(H4,37,38,46)(H4,39,40,47)(H4,41,42,48)(H4,43,44,49)/t19-,20-,21+,22+,23+,24+/m0/s1. The van der Waals surface area contributed by atoms with Crippen molar-refractivity contribution in [3.8, 4) is 0 Å². The van der Waals surface area contributed by atoms with Crippen molar-refractivity contribution in [2.45, 2.75) is 108 Å². The van der Waals surface area contributed by atoms with E-state index in [-0.39, 0.29) is 107 Å². The maximum atomic E-state index is 14.0. The molecular weight excluding hydrogens is 785 g/mol. The van der Waals surface area contributed by atoms with Crippen LogP contribution < -0.4 is 83.9 Å². The number of guanidine groups is 5. The van der Waals surface area contributed by atoms with Crippen LogP contribution in [0.25, 0.3) is 0 Å². The Balaban J connectivity index is 6.55. The molecule has 0 aliphatic rings. The monoisotopic (exact) mass is 855 g/mol. The molecule has 0 fully saturated rings. The van der Waals surface area contributed by atoms with E-state index < -0.39 is 66.2 Å². The molecule has 0 saturated carbocycles. The third kappa shape index (κ3) is 26.6. The summed E-state index contributed by atoms with van der Waals surface area (Å²) in [5, 5.41) is 23.1. The molecule has 26 nitrogen and oxygen atoms in total. The lowest BCUT2D eigenvalue weighted by Gasteiger charge is -2.27. The summed E-state index contributed by atoms with van der Waals surface area (Å²) < 4.78 is 0. The largest absolute Gasteiger partial charge is 0.396 e. The molecule has 0 saturated heterocycles. The fraction of sp³-hybridized carbons (Fsp3) is 0.706. The smallest absolute Gasteiger partial charge is 0.243 e. The minimum atomic E-state index is -1.27. The Morgan fingerprint density at radius 2 is 0.633 bits per heavy atom. The lowest BCUT2D eigenvalue weighted by atomic mass is 10.0. The number of nitrogens with two attached hydrogens (primary N) is 10. The number of aliphatic hydroxyl groups is 1. The number of hydrogen-bond donors (Lipinski definition) is 16. The molecule has 0 aliphatic heterocycles. The Hall–Kier alpha value is -6.34. The number of rotatable bonds is 31. The number of nitrogens with one attached hydrogen (secondary N) is 5. The fourth-order valence-electron chi connectivity index (χ4n) is 5.32. The van der Waals surface area contributed by atoms with Gasteiger partial charge >= 0.3 is 0 Å². The quantitative estimate of drug-likeness (QED) is 0.0175. The lowest BCUT2D eigenvalue weighted by Crippen LogP contribution is -2.58. The summed E-state index contributed by atoms with van der Waals surface area (Å²) in [6.45, 7) is 3.65. The number of carbonyl (C=O) groups excluding carboxylic acids is 5. The highest BCUT2D eigenvalue weighted by Gasteiger charge is 2.32. The summed E-state index contributed by atoms with van der Waals surface area (Å²) in [7, 11) is 0. The van der Waals surface area contributed by atoms with E-state index in [1.54, 1.807) is 6.92 Å². The first-order chi connectivity index (χ1) is 28.3. The second-order valence-electron chi connectivity index (χ2n) is 14.0. The van der Waals surface area contributed by atoms with E-state index in [0.29, 0.717) is 25.8 Å². The molecule has 60 heavy (non-hydrogen) atoms. The number of amides is 5. The van der Waals surface area contributed by atoms with E-state index in [1.807, 2.05) is 0 Å². The second-order valence-corrected chi connectivity index (χ2v) is 14.0. The van der Waals surface area contributed by atoms with Crippen molar-refractivity contribution < 1.29 is 29.1 Å². The van der Waals surface area contributed by atoms with Crippen LogP contribution in [0.1, 0.15) is 78.1 Å². The van der Waals surface area contributed by atoms with E-state index >= 15 is 0 Å². The van der Waals surface area contributed by atoms with E-state index in [4.69, 9.17) is 57.3 Å². The summed E-state index contributed by atoms with van der Waals surface area (Å²) in [5.41, 5.74) is 54.4. The van der Waals surface area contributed by atoms with Crippen LogP contribution in [-0.2, 0) is 24.0 Å². The molecule has 26 N–H and O–H groups in total. The highest BCUT2D eigenvalue weighted by atomic mass is 16.3. The molecule has 26 heteroatoms. The number of aliphatic hydroxyl groups excluding tert-OH is 1. The van der Waals surface area contributed by atoms with Crippen molar-refractivity contribution in [3.05, 3.63) is 0 Å². The van der Waals surface area contributed by atoms with Gasteiger partial charge in [-0.25, -0.2) is 0 Å². The lowest BCUT2D eigenvalue weighted by molar-refractivity contribution is -0.135. The van der Waals surface area contributed by atoms with Gasteiger partial charge in [0, 0.05) is 38.8 Å². The highest BCUT2D eigenvalue weighted by molar-refractivity contribution is 5.95. The molecule has 6 atom stereocenters. The van der Waals surface area contributed by atoms with Gasteiger partial charge < -0.3 is 89.0 Å². The van der Waals surface area contributed by atoms with Gasteiger partial charge in [0.25, 0.3) is 0 Å². The van der Waals surface area contributed by atoms with Gasteiger partial charge in [0.2, 0.25) is 29.5 Å². The molecule has 0 aromatic rings. The van der Waals surface area contributed by atoms with Crippen molar-refractivity contribution >= 4 is 59.3 Å². The van der Waals surface area contributed by atoms with Gasteiger partial charge in [-0.1, -0.05) is 6.92 Å². The van der Waals surface area contributed by atoms with Gasteiger partial charge in [-0.15, -0.1) is 0 Å². The van der Waals surface area contributed by atoms with Crippen LogP contribution >= 0.6 is 0 Å². The Morgan fingerprint density at radius 1 is 0.400 bits per heavy atom. The average Bonchev–Trinajstić information content (AvgIpc) is 3.16. The van der Waals surface area contributed by atoms with Crippen LogP contribution in [0.4, 0.5) is 0 Å². The predicted octanol–water partition coefficient (Wildman–Crippen LogP) is -6.67. The van der Waals surface area contributed by atoms with Crippen LogP contribution in [0, 0.1) is 5.92 Å². The van der Waals surface area contributed by atoms with Crippen molar-refractivity contribution in [2.24, 2.45) is 88.2 Å². The Kier molecular flexibility index (Phi) is 27.5. The number of aliphatic imine (C=N–C) groups is 5. The summed E-state index contributed by atoms with van der Waals surface area (Å²) >= 11 is 0. The zero-order valence-electron chi connectivity index (χ0n) is 34.8. The van der Waals surface area contributed by atoms with Gasteiger partial charge in [-0.2, -0.15) is 0 Å². The van der Waals surface area contributed by atoms with Gasteiger partial charge in [0.15, 0.2) is 29.8 Å². The molecule has 0 aliphatic carbocycles. The molecule has 0 radical (unpaired) electrons. The van der Waals surface area contributed by atoms with Gasteiger partial charge in [-0.05, 0) is 71.1 Å². The minimum absolute atomic E-state index is 0.00466. The fourth-order valence-corrected chi connectivity index (χ4v) is 5.32. The molecule has 5 amide bonds. The summed E-state index contributed by atoms with van der Waals surface area (Å²) in [6.07, 6.45) is 2.29. The highest BCUT2D eigenvalue weighted by Crippen LogP contribution is 2.09. The van der Waals surface area contributed by atoms with Crippen molar-refractivity contribution in [3.63, 3.8) is 0 Å². The zero-order chi connectivity index (χ0) is 45.6. The van der Waals surface area contributed by atoms with Gasteiger partial charge in [-0.3, -0.25) is 48.9 Å². The third-order valence-corrected chi connectivity index (χ3v) is 8.51. The van der Waals surface area contributed by atoms with E-state index in [0.717, 1.165) is 0 Å². The molecule has 0 aromatic heterocycles. The zero-order valence-corrected chi connectivity index (χ0v) is 34.8. The van der Waals surface area contributed by atoms with Crippen LogP contribution in [-0.4, -0.2) is 134 Å². The predicted molar refractivity (Wildman–Crippen MR) is 231 cm³/mol. The Bertz CT molecular complexity index is 1480. The molecule has 0 heterocycles. The van der Waals surface area contributed by atoms with Crippen LogP contribution in [0.2, 0.25) is 0 Å². The minimum Gasteiger partial charge on any atom is -0.396 e. The first-order valence-corrected chi connectivity index (χ1v) is 19.7. The molecule has 0 bridgehead atoms. The maximum absolute atomic E-state index is 14.0. The maximum Gasteiger partial charge on any atom is 0.243 e. The first kappa shape index (κ1) is 53.7. The van der Waals surface area contributed by atoms with Crippen molar-refractivity contribution in [1.29, 1.82) is 0 Å². The molecule has 0 unspecified atom stereocenters. The molecular formula is C34H70N20O6. The topological polar surface area (TPSA) is 488 Å². The first-order valence-electron chi connectivity index (χ1n) is 19.7. The summed E-state index contributed by atoms with van der Waals surface area (Å²) in [4.78, 5) is 87.7. The van der Waals surface area contributed by atoms with Crippen LogP contribution in [0.3, 0.4) is 0 Å². The van der Waals surface area contributed by atoms with Crippen molar-refractivity contribution in [2.75, 3.05) is 39.3 Å². The van der Waals surface area contributed by atoms with Crippen LogP contribution in [0.5, 0.6) is 0 Å². The average molecular weight is 855 g/mol. The summed E-state index contributed by atoms with van der Waals surface area (Å²) in [6, 6.07) is -5.10. The van der Waals surface area contributed by atoms with E-state index in [2.05, 4.69) is 51.5 Å². The van der Waals surface area contributed by atoms with E-state index in [9.17, 15) is 29.1 Å². The van der Waals surface area contributed by atoms with Gasteiger partial charge in [0.05, 0.1) is 12.5 Å². The number of nitrogens with zero attached hydrogens (tertiary/aromatic N) is 5. The van der Waals surface area contributed by atoms with Gasteiger partial charge in [0.1, 0.15) is 24.2 Å². The summed E-state index contributed by atoms with van der Waals surface area (Å²) in [5.74, 6) is -4.89. The third-order valence-electron chi connectivity index (χ3n) is 8.51. The molecule has 342 valence electrons. The molecule has 0 aromatic carbocycles. The number of carbonyl (C=O) groups is 5. The van der Waals surface area contributed by atoms with E-state index in [1.165, 1.54) is 6.92 Å². The van der Waals surface area contributed by atoms with Crippen LogP contribution in [0.15, 0.2) is 25.0 Å². The Labute approximate surface area is 350 Å². The number of hydrogen-bond acceptors (Lipinski definition) is 11.